The number of nitrogens with two attached hydrogens (primary N) is 1. The summed E-state index contributed by atoms with van der Waals surface area (Å²) in [5.74, 6) is -1.33. The average Bonchev–Trinajstić information content (AvgIpc) is 3.01. The van der Waals surface area contributed by atoms with Crippen LogP contribution in [0.25, 0.3) is 10.9 Å². The molecule has 0 amide bonds. The molecular weight excluding hydrogens is 542 g/mol. The van der Waals surface area contributed by atoms with Gasteiger partial charge in [-0.3, -0.25) is 9.69 Å². The third-order valence-corrected chi connectivity index (χ3v) is 8.30. The Morgan fingerprint density at radius 3 is 2.86 bits per heavy atom. The van der Waals surface area contributed by atoms with E-state index >= 15 is 0 Å². The van der Waals surface area contributed by atoms with E-state index in [0.29, 0.717) is 35.9 Å². The van der Waals surface area contributed by atoms with Gasteiger partial charge >= 0.3 is 0 Å². The van der Waals surface area contributed by atoms with Gasteiger partial charge in [0.1, 0.15) is 12.4 Å². The number of nitrogens with zero attached hydrogens (tertiary/aromatic N) is 5. The van der Waals surface area contributed by atoms with Gasteiger partial charge in [-0.1, -0.05) is 0 Å². The summed E-state index contributed by atoms with van der Waals surface area (Å²) in [6, 6.07) is 8.65. The van der Waals surface area contributed by atoms with Crippen molar-refractivity contribution in [1.82, 2.24) is 19.4 Å². The number of rotatable bonds is 8. The van der Waals surface area contributed by atoms with Gasteiger partial charge in [0.25, 0.3) is 0 Å². The molecule has 5 heterocycles. The molecule has 1 saturated heterocycles. The highest BCUT2D eigenvalue weighted by atomic mass is 19.2. The predicted molar refractivity (Wildman–Crippen MR) is 157 cm³/mol. The monoisotopic (exact) mass is 576 g/mol. The summed E-state index contributed by atoms with van der Waals surface area (Å²) in [5, 5.41) is 0.130. The number of piperidine rings is 1. The summed E-state index contributed by atoms with van der Waals surface area (Å²) < 4.78 is 41.9. The molecule has 220 valence electrons. The fourth-order valence-corrected chi connectivity index (χ4v) is 6.03. The first kappa shape index (κ1) is 27.9. The molecule has 0 radical (unpaired) electrons. The van der Waals surface area contributed by atoms with E-state index < -0.39 is 11.6 Å². The summed E-state index contributed by atoms with van der Waals surface area (Å²) in [7, 11) is 1.59. The molecule has 6 rings (SSSR count). The van der Waals surface area contributed by atoms with E-state index in [0.717, 1.165) is 49.7 Å². The molecule has 4 aromatic rings. The largest absolute Gasteiger partial charge is 0.486 e. The number of halogens is 2. The number of methoxy groups -OCH3 is 1. The van der Waals surface area contributed by atoms with Gasteiger partial charge in [0.05, 0.1) is 35.9 Å². The zero-order valence-corrected chi connectivity index (χ0v) is 23.7. The molecule has 42 heavy (non-hydrogen) atoms. The fraction of sp³-hybridized carbons (Fsp3) is 0.387. The summed E-state index contributed by atoms with van der Waals surface area (Å²) in [6.07, 6.45) is 7.96. The van der Waals surface area contributed by atoms with Crippen molar-refractivity contribution in [3.63, 3.8) is 0 Å². The summed E-state index contributed by atoms with van der Waals surface area (Å²) in [6.45, 7) is 4.80. The van der Waals surface area contributed by atoms with Crippen LogP contribution in [0.2, 0.25) is 0 Å². The van der Waals surface area contributed by atoms with E-state index in [1.54, 1.807) is 31.8 Å². The topological polar surface area (TPSA) is 98.7 Å². The summed E-state index contributed by atoms with van der Waals surface area (Å²) >= 11 is 0. The lowest BCUT2D eigenvalue weighted by molar-refractivity contribution is 0.168. The molecular formula is C31H34F2N6O3. The molecule has 9 nitrogen and oxygen atoms in total. The molecule has 1 fully saturated rings. The summed E-state index contributed by atoms with van der Waals surface area (Å²) in [5.41, 5.74) is 8.41. The first-order chi connectivity index (χ1) is 20.3. The van der Waals surface area contributed by atoms with Crippen LogP contribution in [0.1, 0.15) is 36.9 Å². The lowest BCUT2D eigenvalue weighted by atomic mass is 10.0. The van der Waals surface area contributed by atoms with Gasteiger partial charge in [0.2, 0.25) is 11.7 Å². The Hall–Kier alpha value is -4.25. The normalized spacial score (nSPS) is 18.4. The average molecular weight is 577 g/mol. The first-order valence-corrected chi connectivity index (χ1v) is 14.2. The number of benzene rings is 1. The van der Waals surface area contributed by atoms with Crippen LogP contribution in [0.15, 0.2) is 53.7 Å². The van der Waals surface area contributed by atoms with E-state index in [-0.39, 0.29) is 35.3 Å². The molecule has 11 heteroatoms. The molecule has 2 aliphatic heterocycles. The van der Waals surface area contributed by atoms with Gasteiger partial charge in [-0.2, -0.15) is 4.39 Å². The SMILES string of the molecule is COc1cc(CCN(Cc2cn3c4c(c(F)c(F)cc4c2=O)OCC3C)[C@H]2CCCN(c3ccc(N)nc3)C2)ccn1. The van der Waals surface area contributed by atoms with Crippen LogP contribution in [-0.2, 0) is 13.0 Å². The van der Waals surface area contributed by atoms with Gasteiger partial charge in [0, 0.05) is 56.2 Å². The lowest BCUT2D eigenvalue weighted by Gasteiger charge is -2.40. The van der Waals surface area contributed by atoms with Crippen LogP contribution in [-0.4, -0.2) is 58.8 Å². The van der Waals surface area contributed by atoms with Crippen LogP contribution in [0.4, 0.5) is 20.3 Å². The van der Waals surface area contributed by atoms with E-state index in [1.807, 2.05) is 29.7 Å². The molecule has 0 bridgehead atoms. The third-order valence-electron chi connectivity index (χ3n) is 8.30. The smallest absolute Gasteiger partial charge is 0.213 e. The van der Waals surface area contributed by atoms with Crippen molar-refractivity contribution in [1.29, 1.82) is 0 Å². The van der Waals surface area contributed by atoms with Crippen molar-refractivity contribution in [3.05, 3.63) is 81.9 Å². The van der Waals surface area contributed by atoms with Gasteiger partial charge < -0.3 is 24.7 Å². The number of hydrogen-bond acceptors (Lipinski definition) is 8. The Labute approximate surface area is 242 Å². The highest BCUT2D eigenvalue weighted by Gasteiger charge is 2.30. The van der Waals surface area contributed by atoms with Gasteiger partial charge in [-0.15, -0.1) is 0 Å². The number of anilines is 2. The summed E-state index contributed by atoms with van der Waals surface area (Å²) in [4.78, 5) is 26.9. The maximum atomic E-state index is 14.6. The van der Waals surface area contributed by atoms with Gasteiger partial charge in [0.15, 0.2) is 17.0 Å². The minimum Gasteiger partial charge on any atom is -0.486 e. The molecule has 0 aliphatic carbocycles. The number of aromatic nitrogens is 3. The van der Waals surface area contributed by atoms with Crippen molar-refractivity contribution >= 4 is 22.4 Å². The van der Waals surface area contributed by atoms with Gasteiger partial charge in [-0.25, -0.2) is 14.4 Å². The molecule has 0 saturated carbocycles. The lowest BCUT2D eigenvalue weighted by Crippen LogP contribution is -2.49. The zero-order chi connectivity index (χ0) is 29.4. The Bertz CT molecular complexity index is 1660. The van der Waals surface area contributed by atoms with Crippen molar-refractivity contribution in [2.75, 3.05) is 44.0 Å². The second-order valence-electron chi connectivity index (χ2n) is 11.1. The second-order valence-corrected chi connectivity index (χ2v) is 11.1. The molecule has 2 N–H and O–H groups in total. The van der Waals surface area contributed by atoms with Crippen molar-refractivity contribution < 1.29 is 18.3 Å². The quantitative estimate of drug-likeness (QED) is 0.331. The number of ether oxygens (including phenoxy) is 2. The zero-order valence-electron chi connectivity index (χ0n) is 23.7. The van der Waals surface area contributed by atoms with Crippen LogP contribution < -0.4 is 25.5 Å². The standard InChI is InChI=1S/C31H34F2N6O3/c1-19-18-42-31-28(33)25(32)13-24-29(31)39(19)16-21(30(24)40)15-38(11-8-20-7-9-35-27(12-20)41-2)23-4-3-10-37(17-23)22-5-6-26(34)36-14-22/h5-7,9,12-14,16,19,23H,3-4,8,10-11,15,17-18H2,1-2H3,(H2,34,36)/t19?,23-/m0/s1. The maximum absolute atomic E-state index is 14.6. The fourth-order valence-electron chi connectivity index (χ4n) is 6.03. The molecule has 1 aromatic carbocycles. The minimum absolute atomic E-state index is 0.130. The maximum Gasteiger partial charge on any atom is 0.213 e. The Morgan fingerprint density at radius 2 is 2.07 bits per heavy atom. The molecule has 3 aromatic heterocycles. The van der Waals surface area contributed by atoms with E-state index in [9.17, 15) is 13.6 Å². The van der Waals surface area contributed by atoms with Crippen LogP contribution in [0.3, 0.4) is 0 Å². The number of nitrogen functional groups attached to an aromatic ring is 1. The first-order valence-electron chi connectivity index (χ1n) is 14.2. The Balaban J connectivity index is 1.35. The number of pyridine rings is 3. The molecule has 0 spiro atoms. The molecule has 2 atom stereocenters. The van der Waals surface area contributed by atoms with Crippen LogP contribution in [0, 0.1) is 11.6 Å². The van der Waals surface area contributed by atoms with E-state index in [1.165, 1.54) is 0 Å². The second kappa shape index (κ2) is 11.6. The molecule has 2 aliphatic rings. The van der Waals surface area contributed by atoms with Crippen LogP contribution in [0.5, 0.6) is 11.6 Å². The Kier molecular flexibility index (Phi) is 7.68. The van der Waals surface area contributed by atoms with Crippen molar-refractivity contribution in [2.45, 2.75) is 44.8 Å². The number of hydrogen-bond donors (Lipinski definition) is 1. The third kappa shape index (κ3) is 5.36. The predicted octanol–water partition coefficient (Wildman–Crippen LogP) is 4.33. The van der Waals surface area contributed by atoms with Crippen molar-refractivity contribution in [3.8, 4) is 11.6 Å². The Morgan fingerprint density at radius 1 is 1.21 bits per heavy atom. The minimum atomic E-state index is -1.09. The molecule has 1 unspecified atom stereocenters. The van der Waals surface area contributed by atoms with E-state index in [4.69, 9.17) is 15.2 Å². The van der Waals surface area contributed by atoms with Gasteiger partial charge in [-0.05, 0) is 56.0 Å². The highest BCUT2D eigenvalue weighted by molar-refractivity contribution is 5.86. The van der Waals surface area contributed by atoms with Crippen LogP contribution >= 0.6 is 0 Å². The van der Waals surface area contributed by atoms with Crippen molar-refractivity contribution in [2.24, 2.45) is 0 Å². The van der Waals surface area contributed by atoms with E-state index in [2.05, 4.69) is 19.8 Å². The highest BCUT2D eigenvalue weighted by Crippen LogP contribution is 2.35.